The van der Waals surface area contributed by atoms with Crippen molar-refractivity contribution in [1.82, 2.24) is 0 Å². The molecule has 0 aliphatic rings. The minimum Gasteiger partial charge on any atom is -0.508 e. The van der Waals surface area contributed by atoms with Crippen LogP contribution >= 0.6 is 0 Å². The summed E-state index contributed by atoms with van der Waals surface area (Å²) in [7, 11) is 0. The molecular formula is C9H8N2O3. The summed E-state index contributed by atoms with van der Waals surface area (Å²) in [6.07, 6.45) is 0. The fraction of sp³-hybridized carbons (Fsp3) is 0.111. The molecule has 5 nitrogen and oxygen atoms in total. The maximum Gasteiger partial charge on any atom is 0.335 e. The molecule has 14 heavy (non-hydrogen) atoms. The zero-order valence-corrected chi connectivity index (χ0v) is 7.19. The monoisotopic (exact) mass is 192 g/mol. The van der Waals surface area contributed by atoms with Crippen LogP contribution in [0.4, 0.5) is 0 Å². The first kappa shape index (κ1) is 10.0. The number of nitriles is 1. The van der Waals surface area contributed by atoms with Crippen LogP contribution in [0.3, 0.4) is 0 Å². The molecule has 0 radical (unpaired) electrons. The number of aromatic carboxylic acids is 1. The van der Waals surface area contributed by atoms with Crippen LogP contribution < -0.4 is 5.73 Å². The lowest BCUT2D eigenvalue weighted by molar-refractivity contribution is 0.0696. The van der Waals surface area contributed by atoms with Gasteiger partial charge in [0.2, 0.25) is 0 Å². The number of phenolic OH excluding ortho intramolecular Hbond substituents is 1. The zero-order valence-electron chi connectivity index (χ0n) is 7.19. The first-order valence-electron chi connectivity index (χ1n) is 3.79. The standard InChI is InChI=1S/C9H8N2O3/c10-3-6-1-5(9(13)14)2-8(12)7(6)4-11/h1-2,12H,4,11H2,(H,13,14). The van der Waals surface area contributed by atoms with Crippen LogP contribution in [0.1, 0.15) is 21.5 Å². The number of rotatable bonds is 2. The van der Waals surface area contributed by atoms with Gasteiger partial charge >= 0.3 is 5.97 Å². The predicted octanol–water partition coefficient (Wildman–Crippen LogP) is 0.421. The van der Waals surface area contributed by atoms with Crippen molar-refractivity contribution in [3.8, 4) is 11.8 Å². The normalized spacial score (nSPS) is 9.43. The summed E-state index contributed by atoms with van der Waals surface area (Å²) in [5.41, 5.74) is 5.52. The molecule has 0 aromatic heterocycles. The highest BCUT2D eigenvalue weighted by Gasteiger charge is 2.12. The molecule has 0 saturated carbocycles. The van der Waals surface area contributed by atoms with Crippen molar-refractivity contribution in [1.29, 1.82) is 5.26 Å². The van der Waals surface area contributed by atoms with Gasteiger partial charge in [-0.3, -0.25) is 0 Å². The highest BCUT2D eigenvalue weighted by Crippen LogP contribution is 2.22. The Morgan fingerprint density at radius 2 is 2.21 bits per heavy atom. The van der Waals surface area contributed by atoms with Crippen LogP contribution in [0.2, 0.25) is 0 Å². The van der Waals surface area contributed by atoms with Gasteiger partial charge in [-0.1, -0.05) is 0 Å². The molecule has 0 spiro atoms. The Balaban J connectivity index is 3.41. The number of nitrogens with two attached hydrogens (primary N) is 1. The van der Waals surface area contributed by atoms with E-state index in [2.05, 4.69) is 0 Å². The second kappa shape index (κ2) is 3.77. The maximum atomic E-state index is 10.6. The van der Waals surface area contributed by atoms with Crippen LogP contribution in [0, 0.1) is 11.3 Å². The van der Waals surface area contributed by atoms with Gasteiger partial charge in [0.05, 0.1) is 17.2 Å². The average molecular weight is 192 g/mol. The van der Waals surface area contributed by atoms with Gasteiger partial charge in [0.1, 0.15) is 5.75 Å². The Labute approximate surface area is 80.0 Å². The molecule has 0 heterocycles. The molecule has 0 aliphatic carbocycles. The molecule has 0 unspecified atom stereocenters. The summed E-state index contributed by atoms with van der Waals surface area (Å²) in [5, 5.41) is 26.7. The van der Waals surface area contributed by atoms with Gasteiger partial charge in [-0.25, -0.2) is 4.79 Å². The first-order valence-corrected chi connectivity index (χ1v) is 3.79. The lowest BCUT2D eigenvalue weighted by Crippen LogP contribution is -2.03. The summed E-state index contributed by atoms with van der Waals surface area (Å²) >= 11 is 0. The van der Waals surface area contributed by atoms with Gasteiger partial charge in [-0.05, 0) is 12.1 Å². The van der Waals surface area contributed by atoms with Crippen LogP contribution in [0.15, 0.2) is 12.1 Å². The number of aromatic hydroxyl groups is 1. The summed E-state index contributed by atoms with van der Waals surface area (Å²) in [4.78, 5) is 10.6. The smallest absolute Gasteiger partial charge is 0.335 e. The Bertz CT molecular complexity index is 421. The summed E-state index contributed by atoms with van der Waals surface area (Å²) in [6.45, 7) is -0.00533. The van der Waals surface area contributed by atoms with E-state index < -0.39 is 5.97 Å². The fourth-order valence-electron chi connectivity index (χ4n) is 1.09. The molecule has 0 amide bonds. The lowest BCUT2D eigenvalue weighted by atomic mass is 10.0. The van der Waals surface area contributed by atoms with Gasteiger partial charge in [0.15, 0.2) is 0 Å². The Kier molecular flexibility index (Phi) is 2.70. The van der Waals surface area contributed by atoms with E-state index in [4.69, 9.17) is 16.1 Å². The van der Waals surface area contributed by atoms with E-state index in [1.54, 1.807) is 6.07 Å². The van der Waals surface area contributed by atoms with Gasteiger partial charge < -0.3 is 15.9 Å². The molecule has 1 rings (SSSR count). The number of carbonyl (C=O) groups is 1. The van der Waals surface area contributed by atoms with Crippen molar-refractivity contribution < 1.29 is 15.0 Å². The minimum atomic E-state index is -1.19. The van der Waals surface area contributed by atoms with Gasteiger partial charge in [0, 0.05) is 12.1 Å². The molecule has 0 saturated heterocycles. The molecular weight excluding hydrogens is 184 g/mol. The van der Waals surface area contributed by atoms with Crippen LogP contribution in [-0.4, -0.2) is 16.2 Å². The van der Waals surface area contributed by atoms with Gasteiger partial charge in [-0.15, -0.1) is 0 Å². The van der Waals surface area contributed by atoms with E-state index in [0.717, 1.165) is 6.07 Å². The van der Waals surface area contributed by atoms with Crippen LogP contribution in [-0.2, 0) is 6.54 Å². The summed E-state index contributed by atoms with van der Waals surface area (Å²) in [5.74, 6) is -1.45. The summed E-state index contributed by atoms with van der Waals surface area (Å²) in [6, 6.07) is 4.04. The third-order valence-electron chi connectivity index (χ3n) is 1.80. The summed E-state index contributed by atoms with van der Waals surface area (Å²) < 4.78 is 0. The molecule has 0 fully saturated rings. The van der Waals surface area contributed by atoms with Crippen molar-refractivity contribution in [3.63, 3.8) is 0 Å². The van der Waals surface area contributed by atoms with Crippen molar-refractivity contribution in [2.45, 2.75) is 6.54 Å². The van der Waals surface area contributed by atoms with E-state index >= 15 is 0 Å². The Hall–Kier alpha value is -2.06. The average Bonchev–Trinajstić information content (AvgIpc) is 2.16. The molecule has 0 atom stereocenters. The second-order valence-electron chi connectivity index (χ2n) is 2.64. The fourth-order valence-corrected chi connectivity index (χ4v) is 1.09. The Morgan fingerprint density at radius 3 is 2.64 bits per heavy atom. The third kappa shape index (κ3) is 1.65. The molecule has 0 bridgehead atoms. The molecule has 0 aliphatic heterocycles. The highest BCUT2D eigenvalue weighted by molar-refractivity contribution is 5.89. The largest absolute Gasteiger partial charge is 0.508 e. The quantitative estimate of drug-likeness (QED) is 0.629. The topological polar surface area (TPSA) is 107 Å². The van der Waals surface area contributed by atoms with E-state index in [9.17, 15) is 9.90 Å². The van der Waals surface area contributed by atoms with Crippen molar-refractivity contribution >= 4 is 5.97 Å². The van der Waals surface area contributed by atoms with E-state index in [-0.39, 0.29) is 29.0 Å². The van der Waals surface area contributed by atoms with Crippen LogP contribution in [0.25, 0.3) is 0 Å². The maximum absolute atomic E-state index is 10.6. The molecule has 1 aromatic rings. The number of benzene rings is 1. The minimum absolute atomic E-state index is 0.00533. The zero-order chi connectivity index (χ0) is 10.7. The number of nitrogens with zero attached hydrogens (tertiary/aromatic N) is 1. The molecule has 5 heteroatoms. The van der Waals surface area contributed by atoms with Crippen molar-refractivity contribution in [2.24, 2.45) is 5.73 Å². The number of hydrogen-bond donors (Lipinski definition) is 3. The molecule has 4 N–H and O–H groups in total. The number of carboxylic acid groups (broad SMARTS) is 1. The van der Waals surface area contributed by atoms with Gasteiger partial charge in [0.25, 0.3) is 0 Å². The predicted molar refractivity (Wildman–Crippen MR) is 47.7 cm³/mol. The SMILES string of the molecule is N#Cc1cc(C(=O)O)cc(O)c1CN. The molecule has 72 valence electrons. The van der Waals surface area contributed by atoms with Crippen LogP contribution in [0.5, 0.6) is 5.75 Å². The Morgan fingerprint density at radius 1 is 1.57 bits per heavy atom. The number of phenols is 1. The van der Waals surface area contributed by atoms with Crippen molar-refractivity contribution in [2.75, 3.05) is 0 Å². The molecule has 1 aromatic carbocycles. The van der Waals surface area contributed by atoms with E-state index in [1.165, 1.54) is 6.07 Å². The highest BCUT2D eigenvalue weighted by atomic mass is 16.4. The first-order chi connectivity index (χ1) is 6.60. The van der Waals surface area contributed by atoms with Crippen molar-refractivity contribution in [3.05, 3.63) is 28.8 Å². The lowest BCUT2D eigenvalue weighted by Gasteiger charge is -2.05. The van der Waals surface area contributed by atoms with E-state index in [1.807, 2.05) is 0 Å². The number of carboxylic acids is 1. The second-order valence-corrected chi connectivity index (χ2v) is 2.64. The van der Waals surface area contributed by atoms with E-state index in [0.29, 0.717) is 0 Å². The number of hydrogen-bond acceptors (Lipinski definition) is 4. The third-order valence-corrected chi connectivity index (χ3v) is 1.80. The van der Waals surface area contributed by atoms with Gasteiger partial charge in [-0.2, -0.15) is 5.26 Å².